The van der Waals surface area contributed by atoms with Crippen LogP contribution in [-0.4, -0.2) is 9.55 Å². The lowest BCUT2D eigenvalue weighted by Gasteiger charge is -2.12. The number of nitrogens with zero attached hydrogens (tertiary/aromatic N) is 2. The molecule has 3 heterocycles. The van der Waals surface area contributed by atoms with Crippen LogP contribution in [0.5, 0.6) is 0 Å². The zero-order valence-electron chi connectivity index (χ0n) is 23.8. The van der Waals surface area contributed by atoms with Crippen molar-refractivity contribution in [1.29, 1.82) is 0 Å². The molecule has 9 aromatic rings. The average Bonchev–Trinajstić information content (AvgIpc) is 3.64. The molecule has 2 nitrogen and oxygen atoms in total. The van der Waals surface area contributed by atoms with Crippen LogP contribution in [0.4, 0.5) is 0 Å². The predicted molar refractivity (Wildman–Crippen MR) is 188 cm³/mol. The monoisotopic (exact) mass is 578 g/mol. The van der Waals surface area contributed by atoms with E-state index in [1.807, 2.05) is 11.3 Å². The van der Waals surface area contributed by atoms with E-state index in [-0.39, 0.29) is 0 Å². The van der Waals surface area contributed by atoms with Gasteiger partial charge in [-0.3, -0.25) is 0 Å². The van der Waals surface area contributed by atoms with Crippen LogP contribution in [0.25, 0.3) is 81.3 Å². The quantitative estimate of drug-likeness (QED) is 0.203. The first kappa shape index (κ1) is 25.0. The summed E-state index contributed by atoms with van der Waals surface area (Å²) in [6.07, 6.45) is 0. The SMILES string of the molecule is c1ccc(-c2cc(-c3ccccc3)nc(-c3ccc4c(c3)c3ccccc3n4-c3cccc4sc5ccccc5c34)c2)cc1. The molecule has 0 spiro atoms. The van der Waals surface area contributed by atoms with Crippen LogP contribution in [0.3, 0.4) is 0 Å². The third kappa shape index (κ3) is 3.98. The first-order valence-electron chi connectivity index (χ1n) is 14.9. The standard InChI is InChI=1S/C41H26N2S/c1-3-12-27(13-4-1)30-25-34(28-14-5-2-6-15-28)42-35(26-30)29-22-23-37-33(24-29)31-16-7-9-18-36(31)43(37)38-19-11-21-40-41(38)32-17-8-10-20-39(32)44-40/h1-26H. The number of rotatable bonds is 4. The van der Waals surface area contributed by atoms with Crippen LogP contribution in [-0.2, 0) is 0 Å². The Balaban J connectivity index is 1.29. The largest absolute Gasteiger partial charge is 0.309 e. The molecule has 0 atom stereocenters. The molecule has 9 rings (SSSR count). The molecular weight excluding hydrogens is 553 g/mol. The number of hydrogen-bond donors (Lipinski definition) is 0. The fourth-order valence-electron chi connectivity index (χ4n) is 6.57. The molecule has 6 aromatic carbocycles. The fraction of sp³-hybridized carbons (Fsp3) is 0. The molecule has 0 radical (unpaired) electrons. The van der Waals surface area contributed by atoms with Gasteiger partial charge in [0.25, 0.3) is 0 Å². The van der Waals surface area contributed by atoms with Gasteiger partial charge in [-0.1, -0.05) is 109 Å². The Bertz CT molecular complexity index is 2430. The van der Waals surface area contributed by atoms with Crippen LogP contribution >= 0.6 is 11.3 Å². The molecule has 0 unspecified atom stereocenters. The molecule has 3 heteroatoms. The molecule has 0 N–H and O–H groups in total. The molecule has 0 amide bonds. The minimum absolute atomic E-state index is 0.967. The maximum atomic E-state index is 5.21. The lowest BCUT2D eigenvalue weighted by Crippen LogP contribution is -1.95. The van der Waals surface area contributed by atoms with Crippen LogP contribution in [0.1, 0.15) is 0 Å². The third-order valence-electron chi connectivity index (χ3n) is 8.59. The lowest BCUT2D eigenvalue weighted by molar-refractivity contribution is 1.20. The first-order chi connectivity index (χ1) is 21.8. The fourth-order valence-corrected chi connectivity index (χ4v) is 7.69. The molecule has 0 bridgehead atoms. The highest BCUT2D eigenvalue weighted by molar-refractivity contribution is 7.25. The van der Waals surface area contributed by atoms with Crippen LogP contribution in [0.2, 0.25) is 0 Å². The summed E-state index contributed by atoms with van der Waals surface area (Å²) >= 11 is 1.86. The van der Waals surface area contributed by atoms with E-state index >= 15 is 0 Å². The second-order valence-electron chi connectivity index (χ2n) is 11.2. The van der Waals surface area contributed by atoms with Crippen molar-refractivity contribution in [3.63, 3.8) is 0 Å². The van der Waals surface area contributed by atoms with Crippen molar-refractivity contribution in [2.45, 2.75) is 0 Å². The zero-order valence-corrected chi connectivity index (χ0v) is 24.6. The van der Waals surface area contributed by atoms with Gasteiger partial charge in [0.1, 0.15) is 0 Å². The van der Waals surface area contributed by atoms with Gasteiger partial charge in [-0.25, -0.2) is 4.98 Å². The second-order valence-corrected chi connectivity index (χ2v) is 12.3. The highest BCUT2D eigenvalue weighted by Crippen LogP contribution is 2.41. The smallest absolute Gasteiger partial charge is 0.0715 e. The van der Waals surface area contributed by atoms with E-state index in [2.05, 4.69) is 162 Å². The van der Waals surface area contributed by atoms with Crippen molar-refractivity contribution in [1.82, 2.24) is 9.55 Å². The topological polar surface area (TPSA) is 17.8 Å². The lowest BCUT2D eigenvalue weighted by atomic mass is 9.99. The zero-order chi connectivity index (χ0) is 29.0. The Kier molecular flexibility index (Phi) is 5.71. The number of benzene rings is 6. The molecule has 0 fully saturated rings. The van der Waals surface area contributed by atoms with Gasteiger partial charge in [-0.15, -0.1) is 11.3 Å². The number of hydrogen-bond acceptors (Lipinski definition) is 2. The van der Waals surface area contributed by atoms with Gasteiger partial charge in [0.05, 0.1) is 28.1 Å². The maximum absolute atomic E-state index is 5.21. The predicted octanol–water partition coefficient (Wildman–Crippen LogP) is 11.5. The van der Waals surface area contributed by atoms with Crippen molar-refractivity contribution in [2.24, 2.45) is 0 Å². The van der Waals surface area contributed by atoms with Crippen LogP contribution < -0.4 is 0 Å². The molecule has 0 aliphatic rings. The van der Waals surface area contributed by atoms with Crippen molar-refractivity contribution < 1.29 is 0 Å². The highest BCUT2D eigenvalue weighted by atomic mass is 32.1. The summed E-state index contributed by atoms with van der Waals surface area (Å²) in [6.45, 7) is 0. The molecule has 0 saturated heterocycles. The van der Waals surface area contributed by atoms with Crippen molar-refractivity contribution in [2.75, 3.05) is 0 Å². The van der Waals surface area contributed by atoms with Crippen molar-refractivity contribution in [3.8, 4) is 39.3 Å². The van der Waals surface area contributed by atoms with Gasteiger partial charge in [0.15, 0.2) is 0 Å². The Morgan fingerprint density at radius 1 is 0.409 bits per heavy atom. The Hall–Kier alpha value is -5.51. The number of fused-ring (bicyclic) bond motifs is 6. The van der Waals surface area contributed by atoms with E-state index in [0.29, 0.717) is 0 Å². The van der Waals surface area contributed by atoms with E-state index in [4.69, 9.17) is 4.98 Å². The summed E-state index contributed by atoms with van der Waals surface area (Å²) in [5.74, 6) is 0. The molecule has 44 heavy (non-hydrogen) atoms. The minimum atomic E-state index is 0.967. The second kappa shape index (κ2) is 10.0. The summed E-state index contributed by atoms with van der Waals surface area (Å²) < 4.78 is 5.07. The summed E-state index contributed by atoms with van der Waals surface area (Å²) in [7, 11) is 0. The molecule has 0 aliphatic heterocycles. The van der Waals surface area contributed by atoms with E-state index in [1.165, 1.54) is 53.2 Å². The maximum Gasteiger partial charge on any atom is 0.0715 e. The highest BCUT2D eigenvalue weighted by Gasteiger charge is 2.18. The van der Waals surface area contributed by atoms with Crippen molar-refractivity contribution in [3.05, 3.63) is 158 Å². The minimum Gasteiger partial charge on any atom is -0.309 e. The normalized spacial score (nSPS) is 11.6. The van der Waals surface area contributed by atoms with E-state index in [0.717, 1.165) is 28.1 Å². The Morgan fingerprint density at radius 3 is 1.86 bits per heavy atom. The molecular formula is C41H26N2S. The van der Waals surface area contributed by atoms with Crippen LogP contribution in [0.15, 0.2) is 158 Å². The van der Waals surface area contributed by atoms with Crippen molar-refractivity contribution >= 4 is 53.3 Å². The Labute approximate surface area is 259 Å². The third-order valence-corrected chi connectivity index (χ3v) is 9.73. The van der Waals surface area contributed by atoms with E-state index in [9.17, 15) is 0 Å². The van der Waals surface area contributed by atoms with Gasteiger partial charge in [0, 0.05) is 42.1 Å². The number of aromatic nitrogens is 2. The molecule has 0 saturated carbocycles. The van der Waals surface area contributed by atoms with Gasteiger partial charge in [0.2, 0.25) is 0 Å². The number of pyridine rings is 1. The molecule has 3 aromatic heterocycles. The van der Waals surface area contributed by atoms with E-state index < -0.39 is 0 Å². The van der Waals surface area contributed by atoms with Gasteiger partial charge in [-0.2, -0.15) is 0 Å². The summed E-state index contributed by atoms with van der Waals surface area (Å²) in [5.41, 5.74) is 10.1. The summed E-state index contributed by atoms with van der Waals surface area (Å²) in [5, 5.41) is 5.08. The van der Waals surface area contributed by atoms with Gasteiger partial charge in [-0.05, 0) is 59.7 Å². The average molecular weight is 579 g/mol. The molecule has 206 valence electrons. The van der Waals surface area contributed by atoms with E-state index in [1.54, 1.807) is 0 Å². The van der Waals surface area contributed by atoms with Gasteiger partial charge >= 0.3 is 0 Å². The molecule has 0 aliphatic carbocycles. The Morgan fingerprint density at radius 2 is 1.05 bits per heavy atom. The number of thiophene rings is 1. The van der Waals surface area contributed by atoms with Crippen LogP contribution in [0, 0.1) is 0 Å². The summed E-state index contributed by atoms with van der Waals surface area (Å²) in [4.78, 5) is 5.21. The number of para-hydroxylation sites is 1. The van der Waals surface area contributed by atoms with Gasteiger partial charge < -0.3 is 4.57 Å². The first-order valence-corrected chi connectivity index (χ1v) is 15.7. The summed E-state index contributed by atoms with van der Waals surface area (Å²) in [6, 6.07) is 56.5.